The molecule has 0 spiro atoms. The lowest BCUT2D eigenvalue weighted by Gasteiger charge is -2.22. The monoisotopic (exact) mass is 170 g/mol. The van der Waals surface area contributed by atoms with Crippen LogP contribution in [0.3, 0.4) is 0 Å². The Morgan fingerprint density at radius 3 is 2.58 bits per heavy atom. The molecule has 1 saturated heterocycles. The van der Waals surface area contributed by atoms with Gasteiger partial charge in [0.05, 0.1) is 0 Å². The van der Waals surface area contributed by atoms with Crippen LogP contribution in [0.5, 0.6) is 0 Å². The van der Waals surface area contributed by atoms with Gasteiger partial charge in [0, 0.05) is 19.1 Å². The second-order valence-electron chi connectivity index (χ2n) is 4.82. The fraction of sp³-hybridized carbons (Fsp3) is 1.00. The normalized spacial score (nSPS) is 26.0. The molecule has 0 unspecified atom stereocenters. The van der Waals surface area contributed by atoms with Crippen LogP contribution in [0.4, 0.5) is 0 Å². The molecule has 0 aromatic heterocycles. The van der Waals surface area contributed by atoms with E-state index in [9.17, 15) is 0 Å². The zero-order valence-corrected chi connectivity index (χ0v) is 8.64. The zero-order valence-electron chi connectivity index (χ0n) is 8.64. The van der Waals surface area contributed by atoms with Crippen molar-refractivity contribution >= 4 is 0 Å². The molecular weight excluding hydrogens is 148 g/mol. The van der Waals surface area contributed by atoms with E-state index in [2.05, 4.69) is 25.7 Å². The third-order valence-electron chi connectivity index (χ3n) is 2.77. The minimum atomic E-state index is 0.374. The van der Waals surface area contributed by atoms with E-state index in [4.69, 9.17) is 5.73 Å². The molecule has 0 aliphatic carbocycles. The average molecular weight is 170 g/mol. The summed E-state index contributed by atoms with van der Waals surface area (Å²) in [7, 11) is 0. The molecule has 1 heterocycles. The lowest BCUT2D eigenvalue weighted by molar-refractivity contribution is 0.273. The highest BCUT2D eigenvalue weighted by molar-refractivity contribution is 4.83. The van der Waals surface area contributed by atoms with Gasteiger partial charge in [0.15, 0.2) is 0 Å². The number of hydrogen-bond donors (Lipinski definition) is 1. The average Bonchev–Trinajstić information content (AvgIpc) is 2.30. The molecule has 0 bridgehead atoms. The topological polar surface area (TPSA) is 29.3 Å². The van der Waals surface area contributed by atoms with Crippen molar-refractivity contribution < 1.29 is 0 Å². The van der Waals surface area contributed by atoms with Crippen molar-refractivity contribution in [1.29, 1.82) is 0 Å². The first kappa shape index (κ1) is 10.0. The summed E-state index contributed by atoms with van der Waals surface area (Å²) < 4.78 is 0. The summed E-state index contributed by atoms with van der Waals surface area (Å²) in [4.78, 5) is 2.49. The van der Waals surface area contributed by atoms with Crippen molar-refractivity contribution in [3.8, 4) is 0 Å². The highest BCUT2D eigenvalue weighted by Gasteiger charge is 2.29. The fourth-order valence-electron chi connectivity index (χ4n) is 1.84. The quantitative estimate of drug-likeness (QED) is 0.694. The third-order valence-corrected chi connectivity index (χ3v) is 2.77. The van der Waals surface area contributed by atoms with E-state index in [1.54, 1.807) is 0 Å². The maximum Gasteiger partial charge on any atom is 0.0165 e. The molecule has 12 heavy (non-hydrogen) atoms. The predicted molar refractivity (Wildman–Crippen MR) is 53.1 cm³/mol. The molecule has 1 fully saturated rings. The highest BCUT2D eigenvalue weighted by Crippen LogP contribution is 2.28. The van der Waals surface area contributed by atoms with E-state index >= 15 is 0 Å². The molecule has 1 rings (SSSR count). The summed E-state index contributed by atoms with van der Waals surface area (Å²) in [6, 6.07) is 0.374. The maximum atomic E-state index is 5.90. The fourth-order valence-corrected chi connectivity index (χ4v) is 1.84. The Bertz CT molecular complexity index is 143. The van der Waals surface area contributed by atoms with Crippen molar-refractivity contribution in [1.82, 2.24) is 4.90 Å². The van der Waals surface area contributed by atoms with Crippen LogP contribution in [-0.2, 0) is 0 Å². The Morgan fingerprint density at radius 2 is 2.17 bits per heavy atom. The van der Waals surface area contributed by atoms with Gasteiger partial charge in [-0.15, -0.1) is 0 Å². The molecule has 1 atom stereocenters. The molecule has 2 heteroatoms. The van der Waals surface area contributed by atoms with Crippen LogP contribution in [0, 0.1) is 5.41 Å². The van der Waals surface area contributed by atoms with Gasteiger partial charge >= 0.3 is 0 Å². The SMILES string of the molecule is CC[C@@H](N)CN1CCC(C)(C)C1. The molecule has 0 aromatic rings. The Kier molecular flexibility index (Phi) is 3.13. The summed E-state index contributed by atoms with van der Waals surface area (Å²) in [5.74, 6) is 0. The van der Waals surface area contributed by atoms with Gasteiger partial charge in [-0.3, -0.25) is 0 Å². The summed E-state index contributed by atoms with van der Waals surface area (Å²) in [6.45, 7) is 10.4. The molecule has 0 saturated carbocycles. The van der Waals surface area contributed by atoms with E-state index in [1.165, 1.54) is 19.5 Å². The van der Waals surface area contributed by atoms with Crippen molar-refractivity contribution in [2.75, 3.05) is 19.6 Å². The first-order valence-electron chi connectivity index (χ1n) is 5.01. The van der Waals surface area contributed by atoms with Gasteiger partial charge in [-0.05, 0) is 24.8 Å². The number of rotatable bonds is 3. The van der Waals surface area contributed by atoms with Crippen molar-refractivity contribution in [2.45, 2.75) is 39.7 Å². The van der Waals surface area contributed by atoms with E-state index in [0.717, 1.165) is 13.0 Å². The second kappa shape index (κ2) is 3.75. The van der Waals surface area contributed by atoms with Crippen molar-refractivity contribution in [3.05, 3.63) is 0 Å². The molecule has 0 amide bonds. The Hall–Kier alpha value is -0.0800. The highest BCUT2D eigenvalue weighted by atomic mass is 15.2. The lowest BCUT2D eigenvalue weighted by Crippen LogP contribution is -2.36. The largest absolute Gasteiger partial charge is 0.327 e. The number of nitrogens with two attached hydrogens (primary N) is 1. The molecular formula is C10H22N2. The molecule has 1 aliphatic heterocycles. The molecule has 0 radical (unpaired) electrons. The summed E-state index contributed by atoms with van der Waals surface area (Å²) in [5, 5.41) is 0. The van der Waals surface area contributed by atoms with E-state index in [1.807, 2.05) is 0 Å². The van der Waals surface area contributed by atoms with E-state index in [0.29, 0.717) is 11.5 Å². The van der Waals surface area contributed by atoms with Gasteiger partial charge in [0.2, 0.25) is 0 Å². The van der Waals surface area contributed by atoms with E-state index in [-0.39, 0.29) is 0 Å². The predicted octanol–water partition coefficient (Wildman–Crippen LogP) is 1.46. The van der Waals surface area contributed by atoms with Crippen LogP contribution in [0.25, 0.3) is 0 Å². The Labute approximate surface area is 76.1 Å². The minimum Gasteiger partial charge on any atom is -0.327 e. The second-order valence-corrected chi connectivity index (χ2v) is 4.82. The maximum absolute atomic E-state index is 5.90. The minimum absolute atomic E-state index is 0.374. The standard InChI is InChI=1S/C10H22N2/c1-4-9(11)7-12-6-5-10(2,3)8-12/h9H,4-8,11H2,1-3H3/t9-/m1/s1. The lowest BCUT2D eigenvalue weighted by atomic mass is 9.93. The Morgan fingerprint density at radius 1 is 1.50 bits per heavy atom. The molecule has 1 aliphatic rings. The van der Waals surface area contributed by atoms with Gasteiger partial charge in [0.1, 0.15) is 0 Å². The van der Waals surface area contributed by atoms with E-state index < -0.39 is 0 Å². The smallest absolute Gasteiger partial charge is 0.0165 e. The summed E-state index contributed by atoms with van der Waals surface area (Å²) >= 11 is 0. The molecule has 0 aromatic carbocycles. The Balaban J connectivity index is 2.28. The zero-order chi connectivity index (χ0) is 9.19. The van der Waals surface area contributed by atoms with Crippen LogP contribution in [0.1, 0.15) is 33.6 Å². The van der Waals surface area contributed by atoms with Crippen molar-refractivity contribution in [3.63, 3.8) is 0 Å². The third kappa shape index (κ3) is 2.76. The number of hydrogen-bond acceptors (Lipinski definition) is 2. The number of nitrogens with zero attached hydrogens (tertiary/aromatic N) is 1. The molecule has 2 nitrogen and oxygen atoms in total. The van der Waals surface area contributed by atoms with Crippen LogP contribution >= 0.6 is 0 Å². The van der Waals surface area contributed by atoms with Gasteiger partial charge in [0.25, 0.3) is 0 Å². The number of likely N-dealkylation sites (tertiary alicyclic amines) is 1. The van der Waals surface area contributed by atoms with Crippen LogP contribution in [0.2, 0.25) is 0 Å². The van der Waals surface area contributed by atoms with Gasteiger partial charge in [-0.25, -0.2) is 0 Å². The van der Waals surface area contributed by atoms with Crippen molar-refractivity contribution in [2.24, 2.45) is 11.1 Å². The summed E-state index contributed by atoms with van der Waals surface area (Å²) in [5.41, 5.74) is 6.42. The van der Waals surface area contributed by atoms with Gasteiger partial charge < -0.3 is 10.6 Å². The molecule has 2 N–H and O–H groups in total. The molecule has 72 valence electrons. The van der Waals surface area contributed by atoms with Crippen LogP contribution in [-0.4, -0.2) is 30.6 Å². The van der Waals surface area contributed by atoms with Gasteiger partial charge in [-0.1, -0.05) is 20.8 Å². The van der Waals surface area contributed by atoms with Crippen LogP contribution < -0.4 is 5.73 Å². The van der Waals surface area contributed by atoms with Crippen LogP contribution in [0.15, 0.2) is 0 Å². The first-order valence-corrected chi connectivity index (χ1v) is 5.01. The van der Waals surface area contributed by atoms with Gasteiger partial charge in [-0.2, -0.15) is 0 Å². The first-order chi connectivity index (χ1) is 5.53. The summed E-state index contributed by atoms with van der Waals surface area (Å²) in [6.07, 6.45) is 2.42.